The number of nitrogens with one attached hydrogen (secondary N) is 1. The van der Waals surface area contributed by atoms with Crippen molar-refractivity contribution in [3.63, 3.8) is 0 Å². The minimum atomic E-state index is -0.576. The molecule has 170 valence electrons. The molecule has 0 saturated carbocycles. The van der Waals surface area contributed by atoms with E-state index >= 15 is 0 Å². The van der Waals surface area contributed by atoms with Gasteiger partial charge in [0.1, 0.15) is 16.9 Å². The van der Waals surface area contributed by atoms with Crippen molar-refractivity contribution in [1.29, 1.82) is 0 Å². The standard InChI is InChI=1S/C24H21N7O3/c1-34-24(33)19-5-2-4-18(27-19)21(32)6-3-11-31-13-16-15-8-7-14(17-9-10-26-29-17)12-20(15)28-23(25)22(16)30-31/h2,4-5,7-10,12-13H,3,6,11H2,1H3,(H2,25,28)(H,26,29). The van der Waals surface area contributed by atoms with Gasteiger partial charge in [-0.25, -0.2) is 14.8 Å². The molecule has 3 N–H and O–H groups in total. The molecule has 1 aromatic carbocycles. The summed E-state index contributed by atoms with van der Waals surface area (Å²) in [6.07, 6.45) is 4.43. The summed E-state index contributed by atoms with van der Waals surface area (Å²) in [6.45, 7) is 0.518. The lowest BCUT2D eigenvalue weighted by Gasteiger charge is -2.03. The van der Waals surface area contributed by atoms with E-state index < -0.39 is 5.97 Å². The van der Waals surface area contributed by atoms with Crippen molar-refractivity contribution in [3.05, 3.63) is 66.2 Å². The van der Waals surface area contributed by atoms with Crippen molar-refractivity contribution in [2.24, 2.45) is 0 Å². The van der Waals surface area contributed by atoms with Crippen LogP contribution in [0.5, 0.6) is 0 Å². The second-order valence-corrected chi connectivity index (χ2v) is 7.78. The lowest BCUT2D eigenvalue weighted by molar-refractivity contribution is 0.0594. The van der Waals surface area contributed by atoms with Crippen LogP contribution >= 0.6 is 0 Å². The molecular weight excluding hydrogens is 434 g/mol. The lowest BCUT2D eigenvalue weighted by atomic mass is 10.1. The summed E-state index contributed by atoms with van der Waals surface area (Å²) >= 11 is 0. The molecule has 0 unspecified atom stereocenters. The normalized spacial score (nSPS) is 11.2. The summed E-state index contributed by atoms with van der Waals surface area (Å²) in [5, 5.41) is 13.4. The van der Waals surface area contributed by atoms with Crippen molar-refractivity contribution in [1.82, 2.24) is 29.9 Å². The Hall–Kier alpha value is -4.60. The third-order valence-corrected chi connectivity index (χ3v) is 5.57. The molecule has 0 atom stereocenters. The largest absolute Gasteiger partial charge is 0.464 e. The highest BCUT2D eigenvalue weighted by atomic mass is 16.5. The number of aromatic nitrogens is 6. The van der Waals surface area contributed by atoms with Crippen LogP contribution in [-0.2, 0) is 11.3 Å². The number of ether oxygens (including phenoxy) is 1. The molecule has 0 aliphatic rings. The van der Waals surface area contributed by atoms with Gasteiger partial charge in [-0.15, -0.1) is 0 Å². The quantitative estimate of drug-likeness (QED) is 0.281. The summed E-state index contributed by atoms with van der Waals surface area (Å²) in [7, 11) is 1.27. The molecule has 0 saturated heterocycles. The predicted octanol–water partition coefficient (Wildman–Crippen LogP) is 3.40. The van der Waals surface area contributed by atoms with E-state index in [9.17, 15) is 9.59 Å². The molecule has 5 rings (SSSR count). The molecule has 34 heavy (non-hydrogen) atoms. The molecule has 0 aliphatic heterocycles. The third-order valence-electron chi connectivity index (χ3n) is 5.57. The fourth-order valence-corrected chi connectivity index (χ4v) is 3.88. The van der Waals surface area contributed by atoms with Gasteiger partial charge in [0, 0.05) is 41.7 Å². The van der Waals surface area contributed by atoms with Gasteiger partial charge in [0.25, 0.3) is 0 Å². The number of anilines is 1. The molecule has 10 heteroatoms. The number of pyridine rings is 2. The average molecular weight is 455 g/mol. The number of hydrogen-bond donors (Lipinski definition) is 2. The number of fused-ring (bicyclic) bond motifs is 3. The van der Waals surface area contributed by atoms with Crippen LogP contribution in [0.25, 0.3) is 33.1 Å². The Balaban J connectivity index is 1.33. The van der Waals surface area contributed by atoms with Crippen molar-refractivity contribution < 1.29 is 14.3 Å². The average Bonchev–Trinajstić information content (AvgIpc) is 3.54. The Morgan fingerprint density at radius 3 is 2.74 bits per heavy atom. The highest BCUT2D eigenvalue weighted by molar-refractivity contribution is 6.08. The van der Waals surface area contributed by atoms with E-state index in [-0.39, 0.29) is 23.6 Å². The maximum absolute atomic E-state index is 12.5. The molecule has 0 bridgehead atoms. The highest BCUT2D eigenvalue weighted by Crippen LogP contribution is 2.30. The van der Waals surface area contributed by atoms with E-state index in [1.54, 1.807) is 23.0 Å². The van der Waals surface area contributed by atoms with Crippen molar-refractivity contribution >= 4 is 39.4 Å². The SMILES string of the molecule is COC(=O)c1cccc(C(=O)CCCn2cc3c(n2)c(N)nc2cc(-c4ccn[nH]4)ccc23)n1. The number of aryl methyl sites for hydroxylation is 1. The first-order valence-electron chi connectivity index (χ1n) is 10.7. The van der Waals surface area contributed by atoms with Crippen LogP contribution in [0.1, 0.15) is 33.8 Å². The van der Waals surface area contributed by atoms with Crippen molar-refractivity contribution in [2.45, 2.75) is 19.4 Å². The van der Waals surface area contributed by atoms with Gasteiger partial charge in [-0.2, -0.15) is 10.2 Å². The Morgan fingerprint density at radius 1 is 1.09 bits per heavy atom. The van der Waals surface area contributed by atoms with Crippen LogP contribution in [0.15, 0.2) is 54.9 Å². The number of hydrogen-bond acceptors (Lipinski definition) is 8. The summed E-state index contributed by atoms with van der Waals surface area (Å²) < 4.78 is 6.43. The number of rotatable bonds is 7. The minimum Gasteiger partial charge on any atom is -0.464 e. The van der Waals surface area contributed by atoms with Gasteiger partial charge in [-0.1, -0.05) is 18.2 Å². The molecule has 0 spiro atoms. The number of carbonyl (C=O) groups excluding carboxylic acids is 2. The molecule has 4 aromatic heterocycles. The number of Topliss-reactive ketones (excluding diaryl/α,β-unsaturated/α-hetero) is 1. The molecule has 0 radical (unpaired) electrons. The fraction of sp³-hybridized carbons (Fsp3) is 0.167. The second-order valence-electron chi connectivity index (χ2n) is 7.78. The first-order chi connectivity index (χ1) is 16.5. The fourth-order valence-electron chi connectivity index (χ4n) is 3.88. The van der Waals surface area contributed by atoms with Gasteiger partial charge >= 0.3 is 5.97 Å². The number of H-pyrrole nitrogens is 1. The number of esters is 1. The highest BCUT2D eigenvalue weighted by Gasteiger charge is 2.14. The van der Waals surface area contributed by atoms with Crippen LogP contribution in [0.4, 0.5) is 5.82 Å². The van der Waals surface area contributed by atoms with Crippen LogP contribution in [-0.4, -0.2) is 48.8 Å². The zero-order chi connectivity index (χ0) is 23.7. The van der Waals surface area contributed by atoms with Crippen LogP contribution < -0.4 is 5.73 Å². The van der Waals surface area contributed by atoms with E-state index in [4.69, 9.17) is 5.73 Å². The Labute approximate surface area is 193 Å². The Bertz CT molecular complexity index is 1520. The third kappa shape index (κ3) is 3.96. The van der Waals surface area contributed by atoms with E-state index in [2.05, 4.69) is 30.0 Å². The Kier molecular flexibility index (Phi) is 5.46. The second kappa shape index (κ2) is 8.74. The van der Waals surface area contributed by atoms with Gasteiger partial charge in [0.05, 0.1) is 18.3 Å². The summed E-state index contributed by atoms with van der Waals surface area (Å²) in [5.74, 6) is -0.378. The van der Waals surface area contributed by atoms with Gasteiger partial charge in [-0.05, 0) is 30.7 Å². The first kappa shape index (κ1) is 21.3. The summed E-state index contributed by atoms with van der Waals surface area (Å²) in [5.41, 5.74) is 9.80. The van der Waals surface area contributed by atoms with Gasteiger partial charge in [-0.3, -0.25) is 14.6 Å². The number of carbonyl (C=O) groups is 2. The van der Waals surface area contributed by atoms with Gasteiger partial charge in [0.2, 0.25) is 0 Å². The van der Waals surface area contributed by atoms with Gasteiger partial charge < -0.3 is 10.5 Å². The van der Waals surface area contributed by atoms with E-state index in [0.29, 0.717) is 24.3 Å². The van der Waals surface area contributed by atoms with Crippen LogP contribution in [0, 0.1) is 0 Å². The Morgan fingerprint density at radius 2 is 1.94 bits per heavy atom. The molecule has 0 aliphatic carbocycles. The summed E-state index contributed by atoms with van der Waals surface area (Å²) in [6, 6.07) is 12.6. The van der Waals surface area contributed by atoms with Crippen molar-refractivity contribution in [3.8, 4) is 11.3 Å². The van der Waals surface area contributed by atoms with Crippen LogP contribution in [0.3, 0.4) is 0 Å². The van der Waals surface area contributed by atoms with Crippen molar-refractivity contribution in [2.75, 3.05) is 12.8 Å². The smallest absolute Gasteiger partial charge is 0.356 e. The van der Waals surface area contributed by atoms with Gasteiger partial charge in [0.15, 0.2) is 11.6 Å². The zero-order valence-electron chi connectivity index (χ0n) is 18.4. The molecular formula is C24H21N7O3. The number of nitrogens with zero attached hydrogens (tertiary/aromatic N) is 5. The number of benzene rings is 1. The molecule has 0 fully saturated rings. The lowest BCUT2D eigenvalue weighted by Crippen LogP contribution is -2.10. The number of methoxy groups -OCH3 is 1. The molecule has 10 nitrogen and oxygen atoms in total. The topological polar surface area (TPSA) is 142 Å². The van der Waals surface area contributed by atoms with E-state index in [1.807, 2.05) is 30.5 Å². The van der Waals surface area contributed by atoms with E-state index in [1.165, 1.54) is 13.2 Å². The molecule has 0 amide bonds. The number of ketones is 1. The molecule has 4 heterocycles. The minimum absolute atomic E-state index is 0.109. The monoisotopic (exact) mass is 455 g/mol. The number of nitrogen functional groups attached to an aromatic ring is 1. The molecule has 5 aromatic rings. The van der Waals surface area contributed by atoms with E-state index in [0.717, 1.165) is 27.5 Å². The summed E-state index contributed by atoms with van der Waals surface area (Å²) in [4.78, 5) is 32.8. The van der Waals surface area contributed by atoms with Crippen LogP contribution in [0.2, 0.25) is 0 Å². The maximum atomic E-state index is 12.5. The number of aromatic amines is 1. The number of nitrogens with two attached hydrogens (primary N) is 1. The first-order valence-corrected chi connectivity index (χ1v) is 10.7. The maximum Gasteiger partial charge on any atom is 0.356 e. The zero-order valence-corrected chi connectivity index (χ0v) is 18.4. The predicted molar refractivity (Wildman–Crippen MR) is 126 cm³/mol.